The number of hydrogen-bond acceptors (Lipinski definition) is 0. The van der Waals surface area contributed by atoms with Gasteiger partial charge in [0, 0.05) is 0 Å². The van der Waals surface area contributed by atoms with E-state index in [4.69, 9.17) is 16.0 Å². The van der Waals surface area contributed by atoms with Crippen molar-refractivity contribution in [2.24, 2.45) is 0 Å². The zero-order chi connectivity index (χ0) is 7.11. The van der Waals surface area contributed by atoms with Gasteiger partial charge in [-0.25, -0.2) is 0 Å². The number of hydrogen-bond donors (Lipinski definition) is 0. The first-order chi connectivity index (χ1) is 4.27. The number of unbranched alkanes of at least 4 members (excludes halogenated alkanes) is 3. The zero-order valence-electron chi connectivity index (χ0n) is 6.41. The van der Waals surface area contributed by atoms with E-state index in [1.165, 1.54) is 32.1 Å². The van der Waals surface area contributed by atoms with Crippen LogP contribution in [0.25, 0.3) is 0 Å². The molecule has 0 bridgehead atoms. The molecule has 0 fully saturated rings. The fourth-order valence-corrected chi connectivity index (χ4v) is 1.03. The molecule has 1 unspecified atom stereocenters. The Morgan fingerprint density at radius 2 is 1.89 bits per heavy atom. The van der Waals surface area contributed by atoms with Gasteiger partial charge in [0.05, 0.1) is 0 Å². The molecule has 1 atom stereocenters. The molecular weight excluding hydrogens is 160 g/mol. The van der Waals surface area contributed by atoms with Crippen LogP contribution >= 0.6 is 0 Å². The van der Waals surface area contributed by atoms with E-state index in [0.29, 0.717) is 4.82 Å². The SMILES string of the molecule is CCCCCC[CH](C)[Cu]. The summed E-state index contributed by atoms with van der Waals surface area (Å²) in [5, 5.41) is 0. The second kappa shape index (κ2) is 6.64. The van der Waals surface area contributed by atoms with Crippen molar-refractivity contribution in [3.63, 3.8) is 0 Å². The Hall–Kier alpha value is 0.519. The predicted molar refractivity (Wildman–Crippen MR) is 38.2 cm³/mol. The van der Waals surface area contributed by atoms with Crippen LogP contribution in [0.1, 0.15) is 46.0 Å². The average molecular weight is 177 g/mol. The average Bonchev–Trinajstić information content (AvgIpc) is 1.80. The summed E-state index contributed by atoms with van der Waals surface area (Å²) in [5.74, 6) is 0. The molecule has 0 aromatic rings. The van der Waals surface area contributed by atoms with Crippen molar-refractivity contribution in [3.05, 3.63) is 0 Å². The van der Waals surface area contributed by atoms with E-state index in [9.17, 15) is 0 Å². The van der Waals surface area contributed by atoms with Crippen molar-refractivity contribution in [2.45, 2.75) is 50.8 Å². The van der Waals surface area contributed by atoms with Gasteiger partial charge in [0.2, 0.25) is 0 Å². The van der Waals surface area contributed by atoms with Gasteiger partial charge in [-0.05, 0) is 0 Å². The fraction of sp³-hybridized carbons (Fsp3) is 1.00. The molecule has 9 heavy (non-hydrogen) atoms. The minimum atomic E-state index is 0.467. The molecule has 0 spiro atoms. The quantitative estimate of drug-likeness (QED) is 0.446. The Bertz CT molecular complexity index is 50.5. The first-order valence-electron chi connectivity index (χ1n) is 3.87. The van der Waals surface area contributed by atoms with E-state index in [1.807, 2.05) is 0 Å². The van der Waals surface area contributed by atoms with Crippen LogP contribution in [-0.4, -0.2) is 0 Å². The summed E-state index contributed by atoms with van der Waals surface area (Å²) < 4.78 is 0. The molecule has 0 amide bonds. The normalized spacial score (nSPS) is 13.8. The molecule has 0 aliphatic carbocycles. The second-order valence-corrected chi connectivity index (χ2v) is 3.48. The summed E-state index contributed by atoms with van der Waals surface area (Å²) in [4.78, 5) is 0.467. The van der Waals surface area contributed by atoms with Crippen LogP contribution in [0.3, 0.4) is 0 Å². The molecule has 0 radical (unpaired) electrons. The Kier molecular flexibility index (Phi) is 7.02. The molecule has 1 heteroatoms. The number of rotatable bonds is 5. The van der Waals surface area contributed by atoms with E-state index in [-0.39, 0.29) is 0 Å². The third kappa shape index (κ3) is 8.52. The Morgan fingerprint density at radius 1 is 1.22 bits per heavy atom. The van der Waals surface area contributed by atoms with Crippen LogP contribution in [0.5, 0.6) is 0 Å². The Labute approximate surface area is 67.2 Å². The summed E-state index contributed by atoms with van der Waals surface area (Å²) in [7, 11) is 0. The Morgan fingerprint density at radius 3 is 2.33 bits per heavy atom. The van der Waals surface area contributed by atoms with Gasteiger partial charge < -0.3 is 0 Å². The van der Waals surface area contributed by atoms with E-state index in [2.05, 4.69) is 13.8 Å². The van der Waals surface area contributed by atoms with Gasteiger partial charge in [-0.15, -0.1) is 0 Å². The third-order valence-electron chi connectivity index (χ3n) is 1.43. The summed E-state index contributed by atoms with van der Waals surface area (Å²) >= 11 is 5.16. The molecule has 0 heterocycles. The molecular formula is C8H17Cu. The molecule has 60 valence electrons. The van der Waals surface area contributed by atoms with Crippen molar-refractivity contribution in [2.75, 3.05) is 0 Å². The van der Waals surface area contributed by atoms with Gasteiger partial charge in [0.15, 0.2) is 0 Å². The molecule has 0 nitrogen and oxygen atoms in total. The molecule has 0 aromatic heterocycles. The van der Waals surface area contributed by atoms with Crippen LogP contribution in [0.15, 0.2) is 0 Å². The van der Waals surface area contributed by atoms with Gasteiger partial charge >= 0.3 is 66.8 Å². The van der Waals surface area contributed by atoms with Gasteiger partial charge in [-0.2, -0.15) is 0 Å². The molecule has 0 aliphatic rings. The molecule has 0 N–H and O–H groups in total. The van der Waals surface area contributed by atoms with Crippen LogP contribution in [0.2, 0.25) is 4.82 Å². The van der Waals surface area contributed by atoms with Crippen molar-refractivity contribution >= 4 is 0 Å². The third-order valence-corrected chi connectivity index (χ3v) is 1.71. The van der Waals surface area contributed by atoms with Crippen LogP contribution in [0, 0.1) is 0 Å². The van der Waals surface area contributed by atoms with E-state index >= 15 is 0 Å². The first-order valence-corrected chi connectivity index (χ1v) is 4.41. The molecule has 0 rings (SSSR count). The minimum absolute atomic E-state index is 0.467. The van der Waals surface area contributed by atoms with Crippen molar-refractivity contribution in [1.29, 1.82) is 0 Å². The van der Waals surface area contributed by atoms with Gasteiger partial charge in [0.1, 0.15) is 0 Å². The van der Waals surface area contributed by atoms with Crippen LogP contribution in [0.4, 0.5) is 0 Å². The summed E-state index contributed by atoms with van der Waals surface area (Å²) in [6.45, 7) is 4.34. The van der Waals surface area contributed by atoms with E-state index in [0.717, 1.165) is 0 Å². The standard InChI is InChI=1S/C8H17.Cu/c1-3-5-7-8-6-4-2;/h3H,4-8H2,1-2H3;. The topological polar surface area (TPSA) is 0 Å². The first kappa shape index (κ1) is 9.52. The summed E-state index contributed by atoms with van der Waals surface area (Å²) in [5.41, 5.74) is 0. The van der Waals surface area contributed by atoms with Gasteiger partial charge in [-0.3, -0.25) is 0 Å². The molecule has 0 aliphatic heterocycles. The van der Waals surface area contributed by atoms with Crippen LogP contribution < -0.4 is 0 Å². The maximum atomic E-state index is 5.16. The monoisotopic (exact) mass is 176 g/mol. The van der Waals surface area contributed by atoms with Gasteiger partial charge in [-0.1, -0.05) is 0 Å². The Balaban J connectivity index is 2.75. The summed E-state index contributed by atoms with van der Waals surface area (Å²) in [6.07, 6.45) is 6.62. The zero-order valence-corrected chi connectivity index (χ0v) is 7.36. The second-order valence-electron chi connectivity index (χ2n) is 2.55. The molecule has 0 aromatic carbocycles. The fourth-order valence-electron chi connectivity index (χ4n) is 0.837. The van der Waals surface area contributed by atoms with E-state index < -0.39 is 0 Å². The molecule has 0 saturated heterocycles. The van der Waals surface area contributed by atoms with Crippen LogP contribution in [-0.2, 0) is 16.0 Å². The van der Waals surface area contributed by atoms with Crippen molar-refractivity contribution in [3.8, 4) is 0 Å². The predicted octanol–water partition coefficient (Wildman–Crippen LogP) is 3.31. The van der Waals surface area contributed by atoms with Crippen molar-refractivity contribution in [1.82, 2.24) is 0 Å². The molecule has 0 saturated carbocycles. The van der Waals surface area contributed by atoms with E-state index in [1.54, 1.807) is 0 Å². The summed E-state index contributed by atoms with van der Waals surface area (Å²) in [6, 6.07) is 0. The maximum absolute atomic E-state index is 5.16. The van der Waals surface area contributed by atoms with Crippen molar-refractivity contribution < 1.29 is 16.0 Å². The van der Waals surface area contributed by atoms with Gasteiger partial charge in [0.25, 0.3) is 0 Å².